The van der Waals surface area contributed by atoms with Gasteiger partial charge in [-0.05, 0) is 39.3 Å². The fourth-order valence-corrected chi connectivity index (χ4v) is 2.58. The minimum Gasteiger partial charge on any atom is -0.365 e. The molecule has 1 atom stereocenters. The topological polar surface area (TPSA) is 58.4 Å². The second-order valence-electron chi connectivity index (χ2n) is 5.43. The molecule has 6 heteroatoms. The average molecular weight is 281 g/mol. The zero-order valence-corrected chi connectivity index (χ0v) is 11.8. The third kappa shape index (κ3) is 3.25. The van der Waals surface area contributed by atoms with Gasteiger partial charge in [0.05, 0.1) is 16.7 Å². The minimum absolute atomic E-state index is 0.133. The van der Waals surface area contributed by atoms with Gasteiger partial charge in [-0.15, -0.1) is 0 Å². The third-order valence-corrected chi connectivity index (χ3v) is 3.65. The van der Waals surface area contributed by atoms with Gasteiger partial charge in [0.25, 0.3) is 5.69 Å². The Morgan fingerprint density at radius 3 is 2.80 bits per heavy atom. The van der Waals surface area contributed by atoms with E-state index in [2.05, 4.69) is 5.32 Å². The Bertz CT molecular complexity index is 487. The fraction of sp³-hybridized carbons (Fsp3) is 0.571. The first-order valence-electron chi connectivity index (χ1n) is 6.93. The van der Waals surface area contributed by atoms with E-state index in [-0.39, 0.29) is 11.7 Å². The van der Waals surface area contributed by atoms with Gasteiger partial charge in [0.15, 0.2) is 5.82 Å². The molecule has 110 valence electrons. The van der Waals surface area contributed by atoms with Crippen LogP contribution in [0.5, 0.6) is 0 Å². The summed E-state index contributed by atoms with van der Waals surface area (Å²) in [6.07, 6.45) is 2.22. The maximum Gasteiger partial charge on any atom is 0.272 e. The predicted octanol–water partition coefficient (Wildman–Crippen LogP) is 2.70. The van der Waals surface area contributed by atoms with Gasteiger partial charge in [0, 0.05) is 24.7 Å². The van der Waals surface area contributed by atoms with E-state index in [1.807, 2.05) is 18.7 Å². The van der Waals surface area contributed by atoms with Crippen LogP contribution in [0.4, 0.5) is 15.8 Å². The van der Waals surface area contributed by atoms with Crippen molar-refractivity contribution in [1.29, 1.82) is 0 Å². The molecule has 1 heterocycles. The van der Waals surface area contributed by atoms with Crippen molar-refractivity contribution in [2.24, 2.45) is 0 Å². The van der Waals surface area contributed by atoms with Gasteiger partial charge in [-0.2, -0.15) is 0 Å². The molecule has 2 rings (SSSR count). The van der Waals surface area contributed by atoms with Crippen LogP contribution < -0.4 is 10.2 Å². The molecule has 0 bridgehead atoms. The minimum atomic E-state index is -0.578. The van der Waals surface area contributed by atoms with Crippen LogP contribution in [0.25, 0.3) is 0 Å². The Balaban J connectivity index is 2.22. The van der Waals surface area contributed by atoms with Gasteiger partial charge in [-0.3, -0.25) is 10.1 Å². The maximum absolute atomic E-state index is 14.1. The normalized spacial score (nSPS) is 18.5. The highest BCUT2D eigenvalue weighted by molar-refractivity contribution is 5.53. The molecule has 1 fully saturated rings. The van der Waals surface area contributed by atoms with E-state index in [9.17, 15) is 14.5 Å². The number of nitrogens with zero attached hydrogens (tertiary/aromatic N) is 2. The smallest absolute Gasteiger partial charge is 0.272 e. The summed E-state index contributed by atoms with van der Waals surface area (Å²) < 4.78 is 14.1. The molecular weight excluding hydrogens is 261 g/mol. The van der Waals surface area contributed by atoms with E-state index in [0.29, 0.717) is 18.3 Å². The van der Waals surface area contributed by atoms with Crippen molar-refractivity contribution in [1.82, 2.24) is 5.32 Å². The summed E-state index contributed by atoms with van der Waals surface area (Å²) in [6, 6.07) is 4.34. The van der Waals surface area contributed by atoms with E-state index < -0.39 is 10.7 Å². The lowest BCUT2D eigenvalue weighted by atomic mass is 10.1. The molecule has 0 saturated carbocycles. The second-order valence-corrected chi connectivity index (χ2v) is 5.43. The molecule has 1 N–H and O–H groups in total. The number of nitro groups is 1. The summed E-state index contributed by atoms with van der Waals surface area (Å²) in [4.78, 5) is 12.0. The average Bonchev–Trinajstić information content (AvgIpc) is 2.89. The molecule has 1 aliphatic heterocycles. The highest BCUT2D eigenvalue weighted by Crippen LogP contribution is 2.26. The predicted molar refractivity (Wildman–Crippen MR) is 76.6 cm³/mol. The lowest BCUT2D eigenvalue weighted by Gasteiger charge is -2.31. The van der Waals surface area contributed by atoms with Gasteiger partial charge >= 0.3 is 0 Å². The Morgan fingerprint density at radius 1 is 1.55 bits per heavy atom. The Hall–Kier alpha value is -1.69. The van der Waals surface area contributed by atoms with Gasteiger partial charge < -0.3 is 10.2 Å². The number of non-ortho nitro benzene ring substituents is 1. The molecule has 1 unspecified atom stereocenters. The summed E-state index contributed by atoms with van der Waals surface area (Å²) in [5, 5.41) is 14.1. The van der Waals surface area contributed by atoms with Crippen molar-refractivity contribution in [2.75, 3.05) is 18.0 Å². The number of halogens is 1. The van der Waals surface area contributed by atoms with E-state index in [0.717, 1.165) is 25.5 Å². The number of hydrogen-bond acceptors (Lipinski definition) is 4. The molecule has 0 amide bonds. The lowest BCUT2D eigenvalue weighted by Crippen LogP contribution is -2.41. The molecule has 20 heavy (non-hydrogen) atoms. The Labute approximate surface area is 117 Å². The number of hydrogen-bond donors (Lipinski definition) is 1. The monoisotopic (exact) mass is 281 g/mol. The van der Waals surface area contributed by atoms with Crippen LogP contribution in [0.15, 0.2) is 18.2 Å². The van der Waals surface area contributed by atoms with Crippen LogP contribution in [-0.4, -0.2) is 30.1 Å². The van der Waals surface area contributed by atoms with Crippen LogP contribution in [-0.2, 0) is 0 Å². The Morgan fingerprint density at radius 2 is 2.30 bits per heavy atom. The Kier molecular flexibility index (Phi) is 4.54. The van der Waals surface area contributed by atoms with Crippen LogP contribution >= 0.6 is 0 Å². The summed E-state index contributed by atoms with van der Waals surface area (Å²) >= 11 is 0. The molecule has 0 aromatic heterocycles. The zero-order chi connectivity index (χ0) is 14.7. The second kappa shape index (κ2) is 6.17. The molecule has 1 aliphatic rings. The third-order valence-electron chi connectivity index (χ3n) is 3.65. The number of rotatable bonds is 5. The standard InChI is InChI=1S/C14H20FN3O2/c1-10(2)17(9-11-4-3-7-16-11)14-6-5-12(18(19)20)8-13(14)15/h5-6,8,10-11,16H,3-4,7,9H2,1-2H3. The van der Waals surface area contributed by atoms with E-state index in [1.54, 1.807) is 0 Å². The number of benzene rings is 1. The van der Waals surface area contributed by atoms with Gasteiger partial charge in [0.2, 0.25) is 0 Å². The van der Waals surface area contributed by atoms with Crippen LogP contribution in [0.3, 0.4) is 0 Å². The van der Waals surface area contributed by atoms with Gasteiger partial charge in [-0.1, -0.05) is 0 Å². The summed E-state index contributed by atoms with van der Waals surface area (Å²) in [6.45, 7) is 5.71. The zero-order valence-electron chi connectivity index (χ0n) is 11.8. The SMILES string of the molecule is CC(C)N(CC1CCCN1)c1ccc([N+](=O)[O-])cc1F. The lowest BCUT2D eigenvalue weighted by molar-refractivity contribution is -0.385. The summed E-state index contributed by atoms with van der Waals surface area (Å²) in [5.74, 6) is -0.536. The van der Waals surface area contributed by atoms with E-state index >= 15 is 0 Å². The molecular formula is C14H20FN3O2. The molecule has 0 radical (unpaired) electrons. The molecule has 1 saturated heterocycles. The molecule has 0 spiro atoms. The van der Waals surface area contributed by atoms with Crippen molar-refractivity contribution < 1.29 is 9.31 Å². The molecule has 1 aromatic carbocycles. The quantitative estimate of drug-likeness (QED) is 0.666. The van der Waals surface area contributed by atoms with Crippen LogP contribution in [0, 0.1) is 15.9 Å². The maximum atomic E-state index is 14.1. The molecule has 0 aliphatic carbocycles. The van der Waals surface area contributed by atoms with Crippen molar-refractivity contribution in [3.05, 3.63) is 34.1 Å². The summed E-state index contributed by atoms with van der Waals surface area (Å²) in [5.41, 5.74) is 0.216. The van der Waals surface area contributed by atoms with Crippen molar-refractivity contribution in [2.45, 2.75) is 38.8 Å². The van der Waals surface area contributed by atoms with Crippen molar-refractivity contribution >= 4 is 11.4 Å². The van der Waals surface area contributed by atoms with E-state index in [1.165, 1.54) is 12.1 Å². The first kappa shape index (κ1) is 14.7. The number of nitrogens with one attached hydrogen (secondary N) is 1. The largest absolute Gasteiger partial charge is 0.365 e. The first-order chi connectivity index (χ1) is 9.49. The first-order valence-corrected chi connectivity index (χ1v) is 6.93. The van der Waals surface area contributed by atoms with E-state index in [4.69, 9.17) is 0 Å². The molecule has 5 nitrogen and oxygen atoms in total. The van der Waals surface area contributed by atoms with Gasteiger partial charge in [-0.25, -0.2) is 4.39 Å². The number of nitro benzene ring substituents is 1. The van der Waals surface area contributed by atoms with Crippen LogP contribution in [0.1, 0.15) is 26.7 Å². The van der Waals surface area contributed by atoms with Gasteiger partial charge in [0.1, 0.15) is 0 Å². The van der Waals surface area contributed by atoms with Crippen molar-refractivity contribution in [3.63, 3.8) is 0 Å². The summed E-state index contributed by atoms with van der Waals surface area (Å²) in [7, 11) is 0. The molecule has 1 aromatic rings. The number of anilines is 1. The van der Waals surface area contributed by atoms with Crippen molar-refractivity contribution in [3.8, 4) is 0 Å². The highest BCUT2D eigenvalue weighted by Gasteiger charge is 2.23. The highest BCUT2D eigenvalue weighted by atomic mass is 19.1. The van der Waals surface area contributed by atoms with Crippen LogP contribution in [0.2, 0.25) is 0 Å². The fourth-order valence-electron chi connectivity index (χ4n) is 2.58.